The summed E-state index contributed by atoms with van der Waals surface area (Å²) in [4.78, 5) is 59.9. The van der Waals surface area contributed by atoms with Gasteiger partial charge in [0.25, 0.3) is 5.69 Å². The molecule has 12 heteroatoms. The molecule has 0 aromatic heterocycles. The molecular formula is C22H32N4O8. The highest BCUT2D eigenvalue weighted by molar-refractivity contribution is 5.94. The highest BCUT2D eigenvalue weighted by Crippen LogP contribution is 2.13. The Morgan fingerprint density at radius 1 is 1.03 bits per heavy atom. The van der Waals surface area contributed by atoms with Crippen LogP contribution < -0.4 is 16.0 Å². The summed E-state index contributed by atoms with van der Waals surface area (Å²) in [6.45, 7) is 7.85. The van der Waals surface area contributed by atoms with Crippen LogP contribution in [0.2, 0.25) is 0 Å². The Kier molecular flexibility index (Phi) is 11.1. The van der Waals surface area contributed by atoms with Crippen LogP contribution in [-0.2, 0) is 30.3 Å². The molecule has 12 nitrogen and oxygen atoms in total. The minimum atomic E-state index is -1.39. The normalized spacial score (nSPS) is 14.3. The lowest BCUT2D eigenvalue weighted by Gasteiger charge is -2.26. The Morgan fingerprint density at radius 3 is 2.18 bits per heavy atom. The van der Waals surface area contributed by atoms with Gasteiger partial charge in [0.1, 0.15) is 18.1 Å². The number of hydrogen-bond donors (Lipinski definition) is 4. The molecule has 0 heterocycles. The maximum absolute atomic E-state index is 12.7. The number of carbonyl (C=O) groups is 4. The van der Waals surface area contributed by atoms with Crippen LogP contribution >= 0.6 is 0 Å². The van der Waals surface area contributed by atoms with E-state index in [0.29, 0.717) is 5.56 Å². The minimum absolute atomic E-state index is 0.127. The SMILES string of the molecule is CCOC(=O)[C@@H](NC(=O)[C@@H](NC(=O)[C@H](C)NC(=O)Cc1cccc([N+](=O)[O-])c1)[C@@H](C)O)C(C)C. The number of nitrogens with one attached hydrogen (secondary N) is 3. The number of hydrogen-bond acceptors (Lipinski definition) is 8. The third-order valence-electron chi connectivity index (χ3n) is 4.82. The first-order valence-corrected chi connectivity index (χ1v) is 10.8. The van der Waals surface area contributed by atoms with Crippen LogP contribution in [0.15, 0.2) is 24.3 Å². The average Bonchev–Trinajstić information content (AvgIpc) is 2.74. The van der Waals surface area contributed by atoms with Crippen LogP contribution in [-0.4, -0.2) is 64.6 Å². The van der Waals surface area contributed by atoms with Crippen molar-refractivity contribution in [1.29, 1.82) is 0 Å². The van der Waals surface area contributed by atoms with Gasteiger partial charge in [0, 0.05) is 12.1 Å². The van der Waals surface area contributed by atoms with E-state index in [9.17, 15) is 34.4 Å². The zero-order chi connectivity index (χ0) is 26.0. The van der Waals surface area contributed by atoms with Gasteiger partial charge in [-0.25, -0.2) is 4.79 Å². The fourth-order valence-electron chi connectivity index (χ4n) is 2.98. The van der Waals surface area contributed by atoms with Crippen molar-refractivity contribution in [3.05, 3.63) is 39.9 Å². The molecule has 0 aliphatic rings. The first-order chi connectivity index (χ1) is 15.9. The summed E-state index contributed by atoms with van der Waals surface area (Å²) in [5, 5.41) is 28.2. The van der Waals surface area contributed by atoms with Gasteiger partial charge in [0.15, 0.2) is 0 Å². The van der Waals surface area contributed by atoms with Gasteiger partial charge in [-0.05, 0) is 32.3 Å². The van der Waals surface area contributed by atoms with E-state index in [1.165, 1.54) is 32.0 Å². The molecule has 1 rings (SSSR count). The Hall–Kier alpha value is -3.54. The van der Waals surface area contributed by atoms with Gasteiger partial charge >= 0.3 is 5.97 Å². The van der Waals surface area contributed by atoms with Crippen molar-refractivity contribution < 1.29 is 33.9 Å². The molecule has 0 fully saturated rings. The molecule has 4 N–H and O–H groups in total. The van der Waals surface area contributed by atoms with E-state index in [0.717, 1.165) is 0 Å². The maximum atomic E-state index is 12.7. The summed E-state index contributed by atoms with van der Waals surface area (Å²) in [6.07, 6.45) is -1.50. The molecule has 1 aromatic rings. The molecule has 4 atom stereocenters. The quantitative estimate of drug-likeness (QED) is 0.186. The molecule has 0 radical (unpaired) electrons. The summed E-state index contributed by atoms with van der Waals surface area (Å²) in [5.74, 6) is -3.04. The van der Waals surface area contributed by atoms with E-state index in [1.54, 1.807) is 26.8 Å². The standard InChI is InChI=1S/C22H32N4O8/c1-6-34-22(31)18(12(2)3)24-21(30)19(14(5)27)25-20(29)13(4)23-17(28)11-15-8-7-9-16(10-15)26(32)33/h7-10,12-14,18-19,27H,6,11H2,1-5H3,(H,23,28)(H,24,30)(H,25,29)/t13-,14+,18-,19-/m0/s1. The third-order valence-corrected chi connectivity index (χ3v) is 4.82. The van der Waals surface area contributed by atoms with Crippen molar-refractivity contribution in [3.8, 4) is 0 Å². The van der Waals surface area contributed by atoms with Crippen molar-refractivity contribution in [3.63, 3.8) is 0 Å². The number of aliphatic hydroxyl groups excluding tert-OH is 1. The highest BCUT2D eigenvalue weighted by atomic mass is 16.6. The number of ether oxygens (including phenoxy) is 1. The molecule has 34 heavy (non-hydrogen) atoms. The molecule has 0 saturated carbocycles. The van der Waals surface area contributed by atoms with Gasteiger partial charge in [0.2, 0.25) is 17.7 Å². The number of carbonyl (C=O) groups excluding carboxylic acids is 4. The molecule has 0 aliphatic carbocycles. The van der Waals surface area contributed by atoms with Gasteiger partial charge in [0.05, 0.1) is 24.1 Å². The van der Waals surface area contributed by atoms with Crippen molar-refractivity contribution in [2.45, 2.75) is 65.3 Å². The summed E-state index contributed by atoms with van der Waals surface area (Å²) < 4.78 is 4.95. The highest BCUT2D eigenvalue weighted by Gasteiger charge is 2.32. The van der Waals surface area contributed by atoms with Crippen LogP contribution in [0.1, 0.15) is 40.2 Å². The van der Waals surface area contributed by atoms with Gasteiger partial charge in [-0.15, -0.1) is 0 Å². The van der Waals surface area contributed by atoms with Crippen LogP contribution in [0.4, 0.5) is 5.69 Å². The lowest BCUT2D eigenvalue weighted by atomic mass is 10.0. The zero-order valence-corrected chi connectivity index (χ0v) is 19.9. The molecule has 0 saturated heterocycles. The predicted octanol–water partition coefficient (Wildman–Crippen LogP) is 0.212. The maximum Gasteiger partial charge on any atom is 0.328 e. The number of rotatable bonds is 12. The number of benzene rings is 1. The van der Waals surface area contributed by atoms with Crippen molar-refractivity contribution in [2.24, 2.45) is 5.92 Å². The number of aliphatic hydroxyl groups is 1. The molecule has 0 unspecified atom stereocenters. The summed E-state index contributed by atoms with van der Waals surface area (Å²) in [7, 11) is 0. The van der Waals surface area contributed by atoms with Gasteiger partial charge in [-0.1, -0.05) is 26.0 Å². The average molecular weight is 481 g/mol. The number of nitro benzene ring substituents is 1. The lowest BCUT2D eigenvalue weighted by Crippen LogP contribution is -2.59. The predicted molar refractivity (Wildman–Crippen MR) is 121 cm³/mol. The second kappa shape index (κ2) is 13.2. The molecule has 0 bridgehead atoms. The number of nitro groups is 1. The van der Waals surface area contributed by atoms with Crippen LogP contribution in [0.3, 0.4) is 0 Å². The number of amides is 3. The molecule has 188 valence electrons. The van der Waals surface area contributed by atoms with Crippen molar-refractivity contribution in [1.82, 2.24) is 16.0 Å². The Morgan fingerprint density at radius 2 is 1.65 bits per heavy atom. The molecule has 3 amide bonds. The molecule has 1 aromatic carbocycles. The number of non-ortho nitro benzene ring substituents is 1. The van der Waals surface area contributed by atoms with E-state index in [2.05, 4.69) is 16.0 Å². The van der Waals surface area contributed by atoms with Crippen LogP contribution in [0.5, 0.6) is 0 Å². The van der Waals surface area contributed by atoms with Crippen molar-refractivity contribution in [2.75, 3.05) is 6.61 Å². The lowest BCUT2D eigenvalue weighted by molar-refractivity contribution is -0.384. The largest absolute Gasteiger partial charge is 0.464 e. The van der Waals surface area contributed by atoms with E-state index >= 15 is 0 Å². The minimum Gasteiger partial charge on any atom is -0.464 e. The summed E-state index contributed by atoms with van der Waals surface area (Å²) in [5.41, 5.74) is 0.226. The van der Waals surface area contributed by atoms with Gasteiger partial charge in [-0.3, -0.25) is 24.5 Å². The fraction of sp³-hybridized carbons (Fsp3) is 0.545. The first kappa shape index (κ1) is 28.5. The van der Waals surface area contributed by atoms with Crippen molar-refractivity contribution >= 4 is 29.4 Å². The van der Waals surface area contributed by atoms with E-state index in [4.69, 9.17) is 4.74 Å². The van der Waals surface area contributed by atoms with Crippen LogP contribution in [0, 0.1) is 16.0 Å². The molecule has 0 aliphatic heterocycles. The fourth-order valence-corrected chi connectivity index (χ4v) is 2.98. The van der Waals surface area contributed by atoms with E-state index < -0.39 is 52.8 Å². The molecular weight excluding hydrogens is 448 g/mol. The Balaban J connectivity index is 2.78. The Bertz CT molecular complexity index is 903. The van der Waals surface area contributed by atoms with E-state index in [1.807, 2.05) is 0 Å². The summed E-state index contributed by atoms with van der Waals surface area (Å²) >= 11 is 0. The zero-order valence-electron chi connectivity index (χ0n) is 19.9. The van der Waals surface area contributed by atoms with Gasteiger partial charge in [-0.2, -0.15) is 0 Å². The second-order valence-corrected chi connectivity index (χ2v) is 8.10. The monoisotopic (exact) mass is 480 g/mol. The smallest absolute Gasteiger partial charge is 0.328 e. The number of nitrogens with zero attached hydrogens (tertiary/aromatic N) is 1. The topological polar surface area (TPSA) is 177 Å². The van der Waals surface area contributed by atoms with E-state index in [-0.39, 0.29) is 24.6 Å². The number of esters is 1. The third kappa shape index (κ3) is 8.77. The summed E-state index contributed by atoms with van der Waals surface area (Å²) in [6, 6.07) is 2.10. The molecule has 0 spiro atoms. The van der Waals surface area contributed by atoms with Crippen LogP contribution in [0.25, 0.3) is 0 Å². The van der Waals surface area contributed by atoms with Gasteiger partial charge < -0.3 is 25.8 Å². The Labute approximate surface area is 197 Å². The second-order valence-electron chi connectivity index (χ2n) is 8.10. The first-order valence-electron chi connectivity index (χ1n) is 10.8.